The fraction of sp³-hybridized carbons (Fsp3) is 0.556. The number of hydrogen-bond acceptors (Lipinski definition) is 3. The van der Waals surface area contributed by atoms with Gasteiger partial charge in [-0.1, -0.05) is 11.6 Å². The molecule has 1 N–H and O–H groups in total. The molecule has 1 aromatic heterocycles. The molecule has 1 aliphatic rings. The van der Waals surface area contributed by atoms with E-state index in [0.717, 1.165) is 17.5 Å². The number of ether oxygens (including phenoxy) is 1. The molecule has 1 fully saturated rings. The van der Waals surface area contributed by atoms with Crippen molar-refractivity contribution in [3.8, 4) is 0 Å². The first-order valence-corrected chi connectivity index (χ1v) is 5.57. The second-order valence-corrected chi connectivity index (χ2v) is 4.92. The first-order chi connectivity index (χ1) is 6.27. The van der Waals surface area contributed by atoms with E-state index in [1.807, 2.05) is 12.1 Å². The van der Waals surface area contributed by atoms with Crippen LogP contribution in [-0.2, 0) is 4.74 Å². The van der Waals surface area contributed by atoms with E-state index in [4.69, 9.17) is 16.3 Å². The topological polar surface area (TPSA) is 21.3 Å². The van der Waals surface area contributed by atoms with Crippen molar-refractivity contribution in [2.24, 2.45) is 0 Å². The summed E-state index contributed by atoms with van der Waals surface area (Å²) in [5, 5.41) is 3.38. The minimum Gasteiger partial charge on any atom is -0.370 e. The summed E-state index contributed by atoms with van der Waals surface area (Å²) in [6, 6.07) is 4.34. The van der Waals surface area contributed by atoms with Gasteiger partial charge in [0.05, 0.1) is 10.9 Å². The average molecular weight is 218 g/mol. The smallest absolute Gasteiger partial charge is 0.107 e. The number of rotatable bonds is 1. The number of thiophene rings is 1. The van der Waals surface area contributed by atoms with Crippen molar-refractivity contribution in [3.05, 3.63) is 21.3 Å². The zero-order valence-corrected chi connectivity index (χ0v) is 8.99. The van der Waals surface area contributed by atoms with Crippen LogP contribution in [0.4, 0.5) is 0 Å². The molecule has 1 aromatic rings. The molecule has 13 heavy (non-hydrogen) atoms. The minimum absolute atomic E-state index is 0.172. The predicted octanol–water partition coefficient (Wildman–Crippen LogP) is 2.45. The summed E-state index contributed by atoms with van der Waals surface area (Å²) in [5.74, 6) is 0. The van der Waals surface area contributed by atoms with Gasteiger partial charge in [0.1, 0.15) is 6.10 Å². The van der Waals surface area contributed by atoms with Crippen LogP contribution in [0.25, 0.3) is 0 Å². The molecule has 2 rings (SSSR count). The van der Waals surface area contributed by atoms with Gasteiger partial charge in [-0.2, -0.15) is 0 Å². The van der Waals surface area contributed by atoms with E-state index < -0.39 is 0 Å². The molecule has 0 bridgehead atoms. The predicted molar refractivity (Wildman–Crippen MR) is 55.5 cm³/mol. The summed E-state index contributed by atoms with van der Waals surface area (Å²) >= 11 is 7.47. The molecule has 0 aromatic carbocycles. The van der Waals surface area contributed by atoms with Crippen molar-refractivity contribution in [1.29, 1.82) is 0 Å². The fourth-order valence-electron chi connectivity index (χ4n) is 1.53. The highest BCUT2D eigenvalue weighted by molar-refractivity contribution is 7.16. The van der Waals surface area contributed by atoms with E-state index >= 15 is 0 Å². The summed E-state index contributed by atoms with van der Waals surface area (Å²) in [4.78, 5) is 1.21. The summed E-state index contributed by atoms with van der Waals surface area (Å²) in [7, 11) is 0. The highest BCUT2D eigenvalue weighted by Gasteiger charge is 2.24. The van der Waals surface area contributed by atoms with Gasteiger partial charge in [-0.15, -0.1) is 11.3 Å². The van der Waals surface area contributed by atoms with Crippen molar-refractivity contribution in [2.45, 2.75) is 19.1 Å². The molecule has 1 saturated heterocycles. The Kier molecular flexibility index (Phi) is 2.89. The Hall–Kier alpha value is -0.0900. The maximum atomic E-state index is 5.87. The van der Waals surface area contributed by atoms with E-state index in [9.17, 15) is 0 Å². The van der Waals surface area contributed by atoms with Crippen LogP contribution < -0.4 is 5.32 Å². The normalized spacial score (nSPS) is 29.1. The van der Waals surface area contributed by atoms with Gasteiger partial charge >= 0.3 is 0 Å². The highest BCUT2D eigenvalue weighted by Crippen LogP contribution is 2.31. The molecule has 2 heterocycles. The molecular weight excluding hydrogens is 206 g/mol. The van der Waals surface area contributed by atoms with Gasteiger partial charge in [-0.3, -0.25) is 0 Å². The highest BCUT2D eigenvalue weighted by atomic mass is 35.5. The number of nitrogens with one attached hydrogen (secondary N) is 1. The van der Waals surface area contributed by atoms with Gasteiger partial charge in [0.15, 0.2) is 0 Å². The van der Waals surface area contributed by atoms with Crippen molar-refractivity contribution in [1.82, 2.24) is 5.32 Å². The zero-order chi connectivity index (χ0) is 9.26. The fourth-order valence-corrected chi connectivity index (χ4v) is 2.75. The molecule has 72 valence electrons. The van der Waals surface area contributed by atoms with Gasteiger partial charge < -0.3 is 10.1 Å². The first kappa shape index (κ1) is 9.46. The molecule has 0 spiro atoms. The van der Waals surface area contributed by atoms with E-state index in [1.54, 1.807) is 11.3 Å². The van der Waals surface area contributed by atoms with Crippen LogP contribution in [0.1, 0.15) is 17.9 Å². The zero-order valence-electron chi connectivity index (χ0n) is 7.42. The van der Waals surface area contributed by atoms with Crippen LogP contribution in [0.15, 0.2) is 12.1 Å². The molecule has 2 nitrogen and oxygen atoms in total. The first-order valence-electron chi connectivity index (χ1n) is 4.37. The van der Waals surface area contributed by atoms with Crippen LogP contribution >= 0.6 is 22.9 Å². The molecule has 2 unspecified atom stereocenters. The molecule has 2 atom stereocenters. The van der Waals surface area contributed by atoms with Gasteiger partial charge in [0.2, 0.25) is 0 Å². The molecular formula is C9H12ClNOS. The Labute approximate surface area is 86.9 Å². The molecule has 0 amide bonds. The maximum absolute atomic E-state index is 5.87. The van der Waals surface area contributed by atoms with Crippen molar-refractivity contribution in [3.63, 3.8) is 0 Å². The van der Waals surface area contributed by atoms with Crippen LogP contribution in [0, 0.1) is 0 Å². The third kappa shape index (κ3) is 2.05. The standard InChI is InChI=1S/C9H12ClNOS/c1-6-9(12-5-4-11-6)7-2-3-8(10)13-7/h2-3,6,9,11H,4-5H2,1H3. The Morgan fingerprint density at radius 3 is 3.08 bits per heavy atom. The largest absolute Gasteiger partial charge is 0.370 e. The van der Waals surface area contributed by atoms with Crippen molar-refractivity contribution >= 4 is 22.9 Å². The molecule has 1 aliphatic heterocycles. The second kappa shape index (κ2) is 3.96. The lowest BCUT2D eigenvalue weighted by molar-refractivity contribution is 0.00200. The lowest BCUT2D eigenvalue weighted by Gasteiger charge is -2.29. The average Bonchev–Trinajstić information content (AvgIpc) is 2.53. The Balaban J connectivity index is 2.14. The Morgan fingerprint density at radius 2 is 2.46 bits per heavy atom. The van der Waals surface area contributed by atoms with E-state index in [1.165, 1.54) is 4.88 Å². The molecule has 0 saturated carbocycles. The minimum atomic E-state index is 0.172. The molecule has 0 aliphatic carbocycles. The van der Waals surface area contributed by atoms with Gasteiger partial charge in [-0.25, -0.2) is 0 Å². The molecule has 4 heteroatoms. The van der Waals surface area contributed by atoms with E-state index in [-0.39, 0.29) is 6.10 Å². The SMILES string of the molecule is CC1NCCOC1c1ccc(Cl)s1. The van der Waals surface area contributed by atoms with Crippen LogP contribution in [0.2, 0.25) is 4.34 Å². The van der Waals surface area contributed by atoms with Gasteiger partial charge in [0.25, 0.3) is 0 Å². The van der Waals surface area contributed by atoms with Gasteiger partial charge in [0, 0.05) is 17.5 Å². The lowest BCUT2D eigenvalue weighted by Crippen LogP contribution is -2.41. The third-order valence-corrected chi connectivity index (χ3v) is 3.49. The summed E-state index contributed by atoms with van der Waals surface area (Å²) < 4.78 is 6.51. The van der Waals surface area contributed by atoms with Gasteiger partial charge in [-0.05, 0) is 19.1 Å². The number of halogens is 1. The van der Waals surface area contributed by atoms with Crippen molar-refractivity contribution < 1.29 is 4.74 Å². The van der Waals surface area contributed by atoms with E-state index in [0.29, 0.717) is 6.04 Å². The summed E-state index contributed by atoms with van der Waals surface area (Å²) in [5.41, 5.74) is 0. The number of morpholine rings is 1. The van der Waals surface area contributed by atoms with Crippen LogP contribution in [0.5, 0.6) is 0 Å². The third-order valence-electron chi connectivity index (χ3n) is 2.19. The van der Waals surface area contributed by atoms with Crippen molar-refractivity contribution in [2.75, 3.05) is 13.2 Å². The Morgan fingerprint density at radius 1 is 1.62 bits per heavy atom. The Bertz CT molecular complexity index is 289. The quantitative estimate of drug-likeness (QED) is 0.781. The van der Waals surface area contributed by atoms with Crippen LogP contribution in [0.3, 0.4) is 0 Å². The maximum Gasteiger partial charge on any atom is 0.107 e. The second-order valence-electron chi connectivity index (χ2n) is 3.18. The monoisotopic (exact) mass is 217 g/mol. The summed E-state index contributed by atoms with van der Waals surface area (Å²) in [6.07, 6.45) is 0.172. The van der Waals surface area contributed by atoms with Crippen LogP contribution in [-0.4, -0.2) is 19.2 Å². The lowest BCUT2D eigenvalue weighted by atomic mass is 10.1. The molecule has 0 radical (unpaired) electrons. The van der Waals surface area contributed by atoms with E-state index in [2.05, 4.69) is 12.2 Å². The summed E-state index contributed by atoms with van der Waals surface area (Å²) in [6.45, 7) is 3.86. The number of hydrogen-bond donors (Lipinski definition) is 1.